The van der Waals surface area contributed by atoms with Crippen molar-refractivity contribution in [3.63, 3.8) is 0 Å². The van der Waals surface area contributed by atoms with Crippen LogP contribution in [0.1, 0.15) is 35.5 Å². The van der Waals surface area contributed by atoms with Crippen molar-refractivity contribution in [3.05, 3.63) is 47.5 Å². The van der Waals surface area contributed by atoms with Crippen LogP contribution in [0.15, 0.2) is 30.7 Å². The molecule has 0 aliphatic carbocycles. The summed E-state index contributed by atoms with van der Waals surface area (Å²) in [6, 6.07) is 3.42. The van der Waals surface area contributed by atoms with Crippen LogP contribution in [-0.2, 0) is 17.3 Å². The van der Waals surface area contributed by atoms with Gasteiger partial charge < -0.3 is 15.0 Å². The first-order valence-corrected chi connectivity index (χ1v) is 7.19. The van der Waals surface area contributed by atoms with Crippen molar-refractivity contribution in [1.29, 1.82) is 0 Å². The predicted octanol–water partition coefficient (Wildman–Crippen LogP) is 3.12. The Hall–Kier alpha value is -2.84. The maximum atomic E-state index is 13.2. The number of hydrogen-bond acceptors (Lipinski definition) is 4. The minimum Gasteiger partial charge on any atom is -0.443 e. The maximum absolute atomic E-state index is 13.2. The van der Waals surface area contributed by atoms with Gasteiger partial charge in [0.1, 0.15) is 17.6 Å². The second-order valence-corrected chi connectivity index (χ2v) is 6.07. The number of hydrogen-bond donors (Lipinski definition) is 1. The topological polar surface area (TPSA) is 87.2 Å². The lowest BCUT2D eigenvalue weighted by Crippen LogP contribution is -2.33. The fraction of sp³-hybridized carbons (Fsp3) is 0.312. The number of nitrogens with two attached hydrogens (primary N) is 1. The molecule has 1 aromatic carbocycles. The van der Waals surface area contributed by atoms with Crippen molar-refractivity contribution in [2.45, 2.75) is 32.0 Å². The Balaban J connectivity index is 2.47. The molecule has 2 rings (SSSR count). The lowest BCUT2D eigenvalue weighted by atomic mass is 9.96. The van der Waals surface area contributed by atoms with Gasteiger partial charge in [-0.2, -0.15) is 13.2 Å². The number of ether oxygens (including phenoxy) is 1. The Kier molecular flexibility index (Phi) is 4.87. The summed E-state index contributed by atoms with van der Waals surface area (Å²) in [5.41, 5.74) is 3.60. The summed E-state index contributed by atoms with van der Waals surface area (Å²) in [6.07, 6.45) is -2.50. The molecular formula is C16H16F3N3O3. The van der Waals surface area contributed by atoms with Gasteiger partial charge in [-0.15, -0.1) is 0 Å². The summed E-state index contributed by atoms with van der Waals surface area (Å²) in [7, 11) is 0. The highest BCUT2D eigenvalue weighted by Crippen LogP contribution is 2.32. The normalized spacial score (nSPS) is 12.0. The number of halogens is 3. The average Bonchev–Trinajstić information content (AvgIpc) is 2.92. The van der Waals surface area contributed by atoms with Crippen LogP contribution < -0.4 is 5.73 Å². The van der Waals surface area contributed by atoms with Crippen LogP contribution >= 0.6 is 0 Å². The number of aromatic nitrogens is 2. The van der Waals surface area contributed by atoms with Gasteiger partial charge in [0.05, 0.1) is 5.56 Å². The van der Waals surface area contributed by atoms with Gasteiger partial charge in [-0.3, -0.25) is 4.79 Å². The lowest BCUT2D eigenvalue weighted by molar-refractivity contribution is -0.137. The molecule has 0 aliphatic rings. The molecule has 0 spiro atoms. The maximum Gasteiger partial charge on any atom is 0.416 e. The van der Waals surface area contributed by atoms with Gasteiger partial charge in [0.15, 0.2) is 6.29 Å². The number of benzene rings is 1. The molecule has 1 heterocycles. The summed E-state index contributed by atoms with van der Waals surface area (Å²) in [5.74, 6) is 0. The Morgan fingerprint density at radius 2 is 2.00 bits per heavy atom. The first kappa shape index (κ1) is 18.5. The van der Waals surface area contributed by atoms with Gasteiger partial charge >= 0.3 is 12.3 Å². The van der Waals surface area contributed by atoms with E-state index in [-0.39, 0.29) is 23.4 Å². The van der Waals surface area contributed by atoms with E-state index in [2.05, 4.69) is 4.98 Å². The fourth-order valence-electron chi connectivity index (χ4n) is 2.43. The van der Waals surface area contributed by atoms with Crippen LogP contribution in [0.25, 0.3) is 5.69 Å². The summed E-state index contributed by atoms with van der Waals surface area (Å²) >= 11 is 0. The zero-order chi connectivity index (χ0) is 18.8. The molecule has 0 saturated carbocycles. The molecule has 0 saturated heterocycles. The van der Waals surface area contributed by atoms with E-state index in [1.165, 1.54) is 23.2 Å². The van der Waals surface area contributed by atoms with Gasteiger partial charge in [-0.1, -0.05) is 0 Å². The zero-order valence-corrected chi connectivity index (χ0v) is 13.5. The number of alkyl halides is 3. The van der Waals surface area contributed by atoms with Crippen LogP contribution in [0.2, 0.25) is 0 Å². The quantitative estimate of drug-likeness (QED) is 0.835. The van der Waals surface area contributed by atoms with Gasteiger partial charge in [0.2, 0.25) is 0 Å². The molecular weight excluding hydrogens is 339 g/mol. The third kappa shape index (κ3) is 4.82. The molecule has 0 bridgehead atoms. The Bertz CT molecular complexity index is 797. The summed E-state index contributed by atoms with van der Waals surface area (Å²) in [4.78, 5) is 25.4. The molecule has 1 aromatic heterocycles. The number of rotatable bonds is 5. The van der Waals surface area contributed by atoms with Crippen molar-refractivity contribution >= 4 is 12.4 Å². The Morgan fingerprint density at radius 1 is 1.32 bits per heavy atom. The van der Waals surface area contributed by atoms with E-state index in [1.807, 2.05) is 0 Å². The average molecular weight is 355 g/mol. The molecule has 0 atom stereocenters. The summed E-state index contributed by atoms with van der Waals surface area (Å²) in [6.45, 7) is 3.08. The first-order chi connectivity index (χ1) is 11.5. The number of nitrogens with zero attached hydrogens (tertiary/aromatic N) is 2. The van der Waals surface area contributed by atoms with Crippen LogP contribution in [0.5, 0.6) is 0 Å². The van der Waals surface area contributed by atoms with Gasteiger partial charge in [-0.05, 0) is 37.6 Å². The second-order valence-electron chi connectivity index (χ2n) is 6.07. The monoisotopic (exact) mass is 355 g/mol. The zero-order valence-electron chi connectivity index (χ0n) is 13.5. The molecule has 134 valence electrons. The third-order valence-corrected chi connectivity index (χ3v) is 3.33. The molecule has 0 fully saturated rings. The Morgan fingerprint density at radius 3 is 2.52 bits per heavy atom. The number of carbonyl (C=O) groups is 2. The molecule has 9 heteroatoms. The number of primary amides is 1. The summed E-state index contributed by atoms with van der Waals surface area (Å²) < 4.78 is 45.8. The van der Waals surface area contributed by atoms with E-state index in [0.29, 0.717) is 6.29 Å². The number of amides is 1. The van der Waals surface area contributed by atoms with Crippen molar-refractivity contribution in [2.24, 2.45) is 5.73 Å². The molecule has 25 heavy (non-hydrogen) atoms. The number of imidazole rings is 1. The van der Waals surface area contributed by atoms with Gasteiger partial charge in [0.25, 0.3) is 0 Å². The molecule has 0 unspecified atom stereocenters. The molecule has 2 aromatic rings. The first-order valence-electron chi connectivity index (χ1n) is 7.19. The molecule has 1 amide bonds. The van der Waals surface area contributed by atoms with Crippen molar-refractivity contribution in [2.75, 3.05) is 0 Å². The van der Waals surface area contributed by atoms with Crippen LogP contribution in [0.4, 0.5) is 18.0 Å². The van der Waals surface area contributed by atoms with Gasteiger partial charge in [-0.25, -0.2) is 9.78 Å². The van der Waals surface area contributed by atoms with Crippen LogP contribution in [0, 0.1) is 0 Å². The van der Waals surface area contributed by atoms with Crippen LogP contribution in [0.3, 0.4) is 0 Å². The van der Waals surface area contributed by atoms with E-state index >= 15 is 0 Å². The largest absolute Gasteiger partial charge is 0.443 e. The molecule has 0 radical (unpaired) electrons. The number of carbonyl (C=O) groups excluding carboxylic acids is 2. The van der Waals surface area contributed by atoms with Crippen LogP contribution in [-0.4, -0.2) is 27.5 Å². The van der Waals surface area contributed by atoms with Gasteiger partial charge in [0, 0.05) is 18.3 Å². The molecule has 2 N–H and O–H groups in total. The smallest absolute Gasteiger partial charge is 0.416 e. The fourth-order valence-corrected chi connectivity index (χ4v) is 2.43. The molecule has 6 nitrogen and oxygen atoms in total. The SMILES string of the molecule is CC(C)(Cc1cc(-n2cnc(C=O)c2)cc(C(F)(F)F)c1)OC(N)=O. The van der Waals surface area contributed by atoms with E-state index in [4.69, 9.17) is 10.5 Å². The minimum absolute atomic E-state index is 0.0160. The van der Waals surface area contributed by atoms with E-state index in [9.17, 15) is 22.8 Å². The standard InChI is InChI=1S/C16H16F3N3O3/c1-15(2,25-14(20)24)6-10-3-11(16(17,18)19)5-13(4-10)22-7-12(8-23)21-9-22/h3-5,7-9H,6H2,1-2H3,(H2,20,24). The van der Waals surface area contributed by atoms with Crippen molar-refractivity contribution in [3.8, 4) is 5.69 Å². The number of aldehydes is 1. The lowest BCUT2D eigenvalue weighted by Gasteiger charge is -2.24. The third-order valence-electron chi connectivity index (χ3n) is 3.33. The molecule has 0 aliphatic heterocycles. The van der Waals surface area contributed by atoms with Crippen molar-refractivity contribution in [1.82, 2.24) is 9.55 Å². The Labute approximate surface area is 141 Å². The second kappa shape index (κ2) is 6.58. The van der Waals surface area contributed by atoms with Crippen molar-refractivity contribution < 1.29 is 27.5 Å². The summed E-state index contributed by atoms with van der Waals surface area (Å²) in [5, 5.41) is 0. The predicted molar refractivity (Wildman–Crippen MR) is 82.4 cm³/mol. The van der Waals surface area contributed by atoms with E-state index in [1.54, 1.807) is 13.8 Å². The highest BCUT2D eigenvalue weighted by atomic mass is 19.4. The van der Waals surface area contributed by atoms with E-state index in [0.717, 1.165) is 12.1 Å². The van der Waals surface area contributed by atoms with E-state index < -0.39 is 23.4 Å². The highest BCUT2D eigenvalue weighted by molar-refractivity contribution is 5.71. The highest BCUT2D eigenvalue weighted by Gasteiger charge is 2.32. The minimum atomic E-state index is -4.56.